The van der Waals surface area contributed by atoms with Gasteiger partial charge in [0.1, 0.15) is 0 Å². The topological polar surface area (TPSA) is 40.5 Å². The largest absolute Gasteiger partial charge is 0.366 e. The fourth-order valence-corrected chi connectivity index (χ4v) is 3.22. The molecule has 0 unspecified atom stereocenters. The zero-order valence-electron chi connectivity index (χ0n) is 13.7. The first-order valence-corrected chi connectivity index (χ1v) is 8.20. The van der Waals surface area contributed by atoms with Crippen LogP contribution in [0.1, 0.15) is 41.8 Å². The maximum atomic E-state index is 12.8. The Balaban J connectivity index is 1.99. The van der Waals surface area contributed by atoms with Crippen LogP contribution in [0.2, 0.25) is 0 Å². The zero-order valence-corrected chi connectivity index (χ0v) is 13.7. The fourth-order valence-electron chi connectivity index (χ4n) is 3.22. The lowest BCUT2D eigenvalue weighted by Crippen LogP contribution is -2.46. The highest BCUT2D eigenvalue weighted by atomic mass is 16.3. The van der Waals surface area contributed by atoms with Crippen LogP contribution in [0.3, 0.4) is 0 Å². The van der Waals surface area contributed by atoms with Gasteiger partial charge in [0.2, 0.25) is 0 Å². The molecule has 1 amide bonds. The van der Waals surface area contributed by atoms with Gasteiger partial charge in [-0.3, -0.25) is 4.79 Å². The third-order valence-electron chi connectivity index (χ3n) is 4.50. The molecule has 0 spiro atoms. The number of hydrogen-bond acceptors (Lipinski definition) is 2. The van der Waals surface area contributed by atoms with Crippen molar-refractivity contribution in [2.24, 2.45) is 5.92 Å². The lowest BCUT2D eigenvalue weighted by Gasteiger charge is -2.35. The molecule has 23 heavy (non-hydrogen) atoms. The van der Waals surface area contributed by atoms with E-state index in [4.69, 9.17) is 0 Å². The van der Waals surface area contributed by atoms with Gasteiger partial charge < -0.3 is 10.0 Å². The molecule has 1 aliphatic rings. The lowest BCUT2D eigenvalue weighted by atomic mass is 9.94. The van der Waals surface area contributed by atoms with Crippen LogP contribution in [-0.2, 0) is 12.1 Å². The number of carbonyl (C=O) groups is 1. The summed E-state index contributed by atoms with van der Waals surface area (Å²) in [6.45, 7) is 4.82. The second-order valence-electron chi connectivity index (χ2n) is 6.66. The predicted octanol–water partition coefficient (Wildman–Crippen LogP) is 3.58. The molecule has 3 nitrogen and oxygen atoms in total. The van der Waals surface area contributed by atoms with Gasteiger partial charge in [0, 0.05) is 24.1 Å². The summed E-state index contributed by atoms with van der Waals surface area (Å²) in [5.41, 5.74) is 1.10. The lowest BCUT2D eigenvalue weighted by molar-refractivity contribution is -0.0848. The Morgan fingerprint density at radius 2 is 1.70 bits per heavy atom. The van der Waals surface area contributed by atoms with Crippen LogP contribution < -0.4 is 0 Å². The number of aliphatic hydroxyl groups is 1. The van der Waals surface area contributed by atoms with Crippen LogP contribution in [0.5, 0.6) is 0 Å². The van der Waals surface area contributed by atoms with Crippen molar-refractivity contribution in [1.82, 2.24) is 4.90 Å². The normalized spacial score (nSPS) is 20.2. The van der Waals surface area contributed by atoms with Gasteiger partial charge in [-0.15, -0.1) is 0 Å². The van der Waals surface area contributed by atoms with Crippen molar-refractivity contribution in [3.8, 4) is 0 Å². The van der Waals surface area contributed by atoms with Crippen molar-refractivity contribution < 1.29 is 9.90 Å². The highest BCUT2D eigenvalue weighted by Crippen LogP contribution is 2.39. The monoisotopic (exact) mass is 309 g/mol. The van der Waals surface area contributed by atoms with Crippen molar-refractivity contribution in [1.29, 1.82) is 0 Å². The Kier molecular flexibility index (Phi) is 4.22. The summed E-state index contributed by atoms with van der Waals surface area (Å²) in [6.07, 6.45) is 1.28. The molecule has 1 atom stereocenters. The molecule has 1 heterocycles. The van der Waals surface area contributed by atoms with E-state index in [0.29, 0.717) is 24.4 Å². The Morgan fingerprint density at radius 1 is 1.04 bits per heavy atom. The van der Waals surface area contributed by atoms with Gasteiger partial charge in [-0.1, -0.05) is 62.4 Å². The van der Waals surface area contributed by atoms with E-state index in [0.717, 1.165) is 17.5 Å². The average Bonchev–Trinajstić information content (AvgIpc) is 2.75. The Bertz CT molecular complexity index is 696. The van der Waals surface area contributed by atoms with E-state index >= 15 is 0 Å². The standard InChI is InChI=1S/C20H23NO2/c1-15(2)12-13-21-19(22)17-10-6-7-11-18(17)20(21,23)14-16-8-4-3-5-9-16/h3-11,15,23H,12-14H2,1-2H3/t20-/m1/s1. The molecule has 0 saturated carbocycles. The molecular formula is C20H23NO2. The number of carbonyl (C=O) groups excluding carboxylic acids is 1. The second kappa shape index (κ2) is 6.17. The Morgan fingerprint density at radius 3 is 2.39 bits per heavy atom. The highest BCUT2D eigenvalue weighted by molar-refractivity contribution is 5.99. The highest BCUT2D eigenvalue weighted by Gasteiger charge is 2.47. The molecule has 3 heteroatoms. The molecule has 0 aliphatic carbocycles. The summed E-state index contributed by atoms with van der Waals surface area (Å²) in [6, 6.07) is 17.3. The van der Waals surface area contributed by atoms with Crippen LogP contribution in [0.4, 0.5) is 0 Å². The minimum absolute atomic E-state index is 0.0697. The maximum absolute atomic E-state index is 12.8. The first-order chi connectivity index (χ1) is 11.0. The first kappa shape index (κ1) is 15.8. The minimum Gasteiger partial charge on any atom is -0.366 e. The molecule has 1 N–H and O–H groups in total. The van der Waals surface area contributed by atoms with Crippen LogP contribution in [0, 0.1) is 5.92 Å². The van der Waals surface area contributed by atoms with Gasteiger partial charge in [-0.05, 0) is 24.0 Å². The summed E-state index contributed by atoms with van der Waals surface area (Å²) in [5, 5.41) is 11.4. The van der Waals surface area contributed by atoms with Gasteiger partial charge in [-0.2, -0.15) is 0 Å². The SMILES string of the molecule is CC(C)CCN1C(=O)c2ccccc2[C@]1(O)Cc1ccccc1. The van der Waals surface area contributed by atoms with E-state index in [1.54, 1.807) is 4.90 Å². The molecule has 2 aromatic carbocycles. The van der Waals surface area contributed by atoms with Crippen LogP contribution in [0.15, 0.2) is 54.6 Å². The number of hydrogen-bond donors (Lipinski definition) is 1. The van der Waals surface area contributed by atoms with E-state index in [9.17, 15) is 9.90 Å². The summed E-state index contributed by atoms with van der Waals surface area (Å²) in [4.78, 5) is 14.4. The van der Waals surface area contributed by atoms with Gasteiger partial charge in [0.05, 0.1) is 0 Å². The summed E-state index contributed by atoms with van der Waals surface area (Å²) < 4.78 is 0. The Hall–Kier alpha value is -2.13. The zero-order chi connectivity index (χ0) is 16.4. The molecule has 3 rings (SSSR count). The number of benzene rings is 2. The van der Waals surface area contributed by atoms with Crippen LogP contribution in [-0.4, -0.2) is 22.5 Å². The molecule has 1 aliphatic heterocycles. The molecule has 0 aromatic heterocycles. The predicted molar refractivity (Wildman–Crippen MR) is 91.0 cm³/mol. The third kappa shape index (κ3) is 2.89. The Labute approximate surface area is 137 Å². The van der Waals surface area contributed by atoms with Crippen molar-refractivity contribution >= 4 is 5.91 Å². The molecule has 0 saturated heterocycles. The molecular weight excluding hydrogens is 286 g/mol. The van der Waals surface area contributed by atoms with Crippen molar-refractivity contribution in [2.45, 2.75) is 32.4 Å². The van der Waals surface area contributed by atoms with Gasteiger partial charge >= 0.3 is 0 Å². The van der Waals surface area contributed by atoms with E-state index in [-0.39, 0.29) is 5.91 Å². The van der Waals surface area contributed by atoms with Gasteiger partial charge in [0.25, 0.3) is 5.91 Å². The third-order valence-corrected chi connectivity index (χ3v) is 4.50. The van der Waals surface area contributed by atoms with E-state index in [1.807, 2.05) is 54.6 Å². The molecule has 0 bridgehead atoms. The van der Waals surface area contributed by atoms with E-state index in [1.165, 1.54) is 0 Å². The first-order valence-electron chi connectivity index (χ1n) is 8.20. The summed E-state index contributed by atoms with van der Waals surface area (Å²) in [5.74, 6) is 0.409. The molecule has 0 fully saturated rings. The van der Waals surface area contributed by atoms with Gasteiger partial charge in [-0.25, -0.2) is 0 Å². The number of amides is 1. The smallest absolute Gasteiger partial charge is 0.256 e. The van der Waals surface area contributed by atoms with Gasteiger partial charge in [0.15, 0.2) is 5.72 Å². The average molecular weight is 309 g/mol. The summed E-state index contributed by atoms with van der Waals surface area (Å²) >= 11 is 0. The van der Waals surface area contributed by atoms with Crippen molar-refractivity contribution in [3.05, 3.63) is 71.3 Å². The number of rotatable bonds is 5. The second-order valence-corrected chi connectivity index (χ2v) is 6.66. The molecule has 0 radical (unpaired) electrons. The van der Waals surface area contributed by atoms with Crippen molar-refractivity contribution in [2.75, 3.05) is 6.54 Å². The quantitative estimate of drug-likeness (QED) is 0.917. The molecule has 2 aromatic rings. The van der Waals surface area contributed by atoms with Crippen molar-refractivity contribution in [3.63, 3.8) is 0 Å². The van der Waals surface area contributed by atoms with E-state index < -0.39 is 5.72 Å². The minimum atomic E-state index is -1.26. The van der Waals surface area contributed by atoms with Crippen LogP contribution in [0.25, 0.3) is 0 Å². The van der Waals surface area contributed by atoms with Crippen LogP contribution >= 0.6 is 0 Å². The van der Waals surface area contributed by atoms with E-state index in [2.05, 4.69) is 13.8 Å². The fraction of sp³-hybridized carbons (Fsp3) is 0.350. The number of nitrogens with zero attached hydrogens (tertiary/aromatic N) is 1. The summed E-state index contributed by atoms with van der Waals surface area (Å²) in [7, 11) is 0. The maximum Gasteiger partial charge on any atom is 0.256 e. The number of fused-ring (bicyclic) bond motifs is 1. The molecule has 120 valence electrons.